The molecule has 10 N–H and O–H groups in total. The fourth-order valence-corrected chi connectivity index (χ4v) is 4.99. The van der Waals surface area contributed by atoms with Crippen LogP contribution in [0.3, 0.4) is 0 Å². The number of phenolic OH excluding ortho intramolecular Hbond substituents is 1. The fourth-order valence-electron chi connectivity index (χ4n) is 4.99. The van der Waals surface area contributed by atoms with Crippen LogP contribution in [0.1, 0.15) is 23.1 Å². The highest BCUT2D eigenvalue weighted by Gasteiger charge is 2.32. The number of aromatic amines is 1. The van der Waals surface area contributed by atoms with Gasteiger partial charge in [-0.3, -0.25) is 19.2 Å². The molecule has 4 atom stereocenters. The summed E-state index contributed by atoms with van der Waals surface area (Å²) in [4.78, 5) is 66.9. The number of amides is 4. The third-order valence-corrected chi connectivity index (χ3v) is 7.40. The van der Waals surface area contributed by atoms with E-state index in [1.54, 1.807) is 48.7 Å². The van der Waals surface area contributed by atoms with E-state index in [2.05, 4.69) is 20.9 Å². The number of para-hydroxylation sites is 1. The van der Waals surface area contributed by atoms with Gasteiger partial charge >= 0.3 is 5.97 Å². The second-order valence-electron chi connectivity index (χ2n) is 10.9. The zero-order valence-corrected chi connectivity index (χ0v) is 24.8. The van der Waals surface area contributed by atoms with Crippen LogP contribution in [0.2, 0.25) is 0 Å². The van der Waals surface area contributed by atoms with E-state index >= 15 is 0 Å². The Kier molecular flexibility index (Phi) is 11.1. The van der Waals surface area contributed by atoms with E-state index in [9.17, 15) is 34.2 Å². The van der Waals surface area contributed by atoms with Gasteiger partial charge in [0.2, 0.25) is 23.6 Å². The third kappa shape index (κ3) is 9.16. The summed E-state index contributed by atoms with van der Waals surface area (Å²) in [5.74, 6) is -4.52. The summed E-state index contributed by atoms with van der Waals surface area (Å²) in [6.45, 7) is 0. The smallest absolute Gasteiger partial charge is 0.326 e. The number of carbonyl (C=O) groups excluding carboxylic acids is 4. The number of aromatic hydroxyl groups is 1. The molecule has 13 heteroatoms. The van der Waals surface area contributed by atoms with E-state index in [4.69, 9.17) is 11.5 Å². The van der Waals surface area contributed by atoms with Crippen LogP contribution >= 0.6 is 0 Å². The first-order valence-corrected chi connectivity index (χ1v) is 14.5. The number of aromatic nitrogens is 1. The number of benzene rings is 3. The minimum atomic E-state index is -1.62. The van der Waals surface area contributed by atoms with E-state index in [1.807, 2.05) is 24.3 Å². The number of nitrogens with two attached hydrogens (primary N) is 2. The van der Waals surface area contributed by atoms with Crippen molar-refractivity contribution in [1.29, 1.82) is 0 Å². The van der Waals surface area contributed by atoms with E-state index in [-0.39, 0.29) is 25.0 Å². The molecule has 4 unspecified atom stereocenters. The number of H-pyrrole nitrogens is 1. The van der Waals surface area contributed by atoms with Gasteiger partial charge in [-0.25, -0.2) is 4.79 Å². The van der Waals surface area contributed by atoms with Crippen molar-refractivity contribution < 1.29 is 34.2 Å². The zero-order valence-electron chi connectivity index (χ0n) is 24.8. The van der Waals surface area contributed by atoms with Gasteiger partial charge in [0.05, 0.1) is 12.5 Å². The highest BCUT2D eigenvalue weighted by molar-refractivity contribution is 5.95. The molecule has 13 nitrogen and oxygen atoms in total. The number of hydrogen-bond acceptors (Lipinski definition) is 7. The van der Waals surface area contributed by atoms with Gasteiger partial charge in [-0.1, -0.05) is 60.7 Å². The molecule has 4 rings (SSSR count). The molecule has 0 fully saturated rings. The number of primary amides is 1. The summed E-state index contributed by atoms with van der Waals surface area (Å²) in [5, 5.41) is 27.6. The predicted molar refractivity (Wildman–Crippen MR) is 169 cm³/mol. The first-order chi connectivity index (χ1) is 22.0. The van der Waals surface area contributed by atoms with E-state index in [0.717, 1.165) is 16.5 Å². The molecule has 4 aromatic rings. The topological polar surface area (TPSA) is 230 Å². The molecule has 0 aliphatic rings. The van der Waals surface area contributed by atoms with Gasteiger partial charge in [-0.05, 0) is 41.3 Å². The number of phenols is 1. The number of fused-ring (bicyclic) bond motifs is 1. The van der Waals surface area contributed by atoms with Crippen LogP contribution in [0.4, 0.5) is 0 Å². The van der Waals surface area contributed by atoms with Crippen molar-refractivity contribution in [3.8, 4) is 5.75 Å². The van der Waals surface area contributed by atoms with Crippen molar-refractivity contribution in [1.82, 2.24) is 20.9 Å². The van der Waals surface area contributed by atoms with E-state index in [0.29, 0.717) is 11.1 Å². The van der Waals surface area contributed by atoms with Crippen LogP contribution in [-0.4, -0.2) is 69.0 Å². The maximum absolute atomic E-state index is 13.8. The Morgan fingerprint density at radius 1 is 0.696 bits per heavy atom. The number of hydrogen-bond donors (Lipinski definition) is 8. The monoisotopic (exact) mass is 628 g/mol. The Hall–Kier alpha value is -5.69. The fraction of sp³-hybridized carbons (Fsp3) is 0.242. The average Bonchev–Trinajstić information content (AvgIpc) is 3.44. The highest BCUT2D eigenvalue weighted by Crippen LogP contribution is 2.20. The molecule has 1 heterocycles. The Balaban J connectivity index is 1.58. The maximum atomic E-state index is 13.8. The molecule has 4 amide bonds. The molecule has 46 heavy (non-hydrogen) atoms. The van der Waals surface area contributed by atoms with Gasteiger partial charge in [0.1, 0.15) is 23.9 Å². The summed E-state index contributed by atoms with van der Waals surface area (Å²) >= 11 is 0. The summed E-state index contributed by atoms with van der Waals surface area (Å²) in [6.07, 6.45) is 1.18. The lowest BCUT2D eigenvalue weighted by Crippen LogP contribution is -2.58. The minimum absolute atomic E-state index is 0.0448. The van der Waals surface area contributed by atoms with Gasteiger partial charge in [0.25, 0.3) is 0 Å². The molecular formula is C33H36N6O7. The summed E-state index contributed by atoms with van der Waals surface area (Å²) in [6, 6.07) is 17.3. The second-order valence-corrected chi connectivity index (χ2v) is 10.9. The summed E-state index contributed by atoms with van der Waals surface area (Å²) in [7, 11) is 0. The SMILES string of the molecule is NC(=O)CC(NC(=O)C(Cc1c[nH]c2ccccc12)NC(=O)C(Cc1ccccc1)NC(=O)C(N)Cc1ccc(O)cc1)C(=O)O. The van der Waals surface area contributed by atoms with Gasteiger partial charge in [-0.15, -0.1) is 0 Å². The molecule has 240 valence electrons. The largest absolute Gasteiger partial charge is 0.508 e. The molecule has 0 saturated heterocycles. The van der Waals surface area contributed by atoms with Gasteiger partial charge in [-0.2, -0.15) is 0 Å². The average molecular weight is 629 g/mol. The number of carboxylic acids is 1. The normalized spacial score (nSPS) is 13.6. The number of carboxylic acid groups (broad SMARTS) is 1. The van der Waals surface area contributed by atoms with Crippen LogP contribution in [-0.2, 0) is 43.2 Å². The molecule has 0 aliphatic carbocycles. The first-order valence-electron chi connectivity index (χ1n) is 14.5. The Morgan fingerprint density at radius 2 is 1.26 bits per heavy atom. The lowest BCUT2D eigenvalue weighted by molar-refractivity contribution is -0.143. The van der Waals surface area contributed by atoms with Gasteiger partial charge in [0, 0.05) is 29.9 Å². The lowest BCUT2D eigenvalue weighted by Gasteiger charge is -2.25. The van der Waals surface area contributed by atoms with E-state index in [1.165, 1.54) is 12.1 Å². The van der Waals surface area contributed by atoms with Crippen LogP contribution in [0.15, 0.2) is 85.1 Å². The summed E-state index contributed by atoms with van der Waals surface area (Å²) in [5.41, 5.74) is 14.2. The minimum Gasteiger partial charge on any atom is -0.508 e. The molecular weight excluding hydrogens is 592 g/mol. The lowest BCUT2D eigenvalue weighted by atomic mass is 10.0. The Morgan fingerprint density at radius 3 is 1.91 bits per heavy atom. The van der Waals surface area contributed by atoms with Crippen LogP contribution < -0.4 is 27.4 Å². The maximum Gasteiger partial charge on any atom is 0.326 e. The highest BCUT2D eigenvalue weighted by atomic mass is 16.4. The predicted octanol–water partition coefficient (Wildman–Crippen LogP) is 0.643. The number of nitrogens with one attached hydrogen (secondary N) is 4. The molecule has 1 aromatic heterocycles. The molecule has 0 aliphatic heterocycles. The molecule has 0 saturated carbocycles. The quantitative estimate of drug-likeness (QED) is 0.0929. The van der Waals surface area contributed by atoms with Crippen LogP contribution in [0.5, 0.6) is 5.75 Å². The number of aliphatic carboxylic acids is 1. The molecule has 0 radical (unpaired) electrons. The molecule has 0 spiro atoms. The number of rotatable bonds is 15. The second kappa shape index (κ2) is 15.3. The van der Waals surface area contributed by atoms with Gasteiger partial charge in [0.15, 0.2) is 0 Å². The third-order valence-electron chi connectivity index (χ3n) is 7.40. The molecule has 3 aromatic carbocycles. The summed E-state index contributed by atoms with van der Waals surface area (Å²) < 4.78 is 0. The first kappa shape index (κ1) is 33.2. The van der Waals surface area contributed by atoms with Crippen LogP contribution in [0, 0.1) is 0 Å². The Labute approximate surface area is 264 Å². The zero-order chi connectivity index (χ0) is 33.2. The van der Waals surface area contributed by atoms with Crippen molar-refractivity contribution in [2.24, 2.45) is 11.5 Å². The van der Waals surface area contributed by atoms with Crippen LogP contribution in [0.25, 0.3) is 10.9 Å². The van der Waals surface area contributed by atoms with Crippen molar-refractivity contribution in [3.05, 3.63) is 102 Å². The van der Waals surface area contributed by atoms with Crippen molar-refractivity contribution in [3.63, 3.8) is 0 Å². The van der Waals surface area contributed by atoms with Gasteiger partial charge < -0.3 is 42.6 Å². The van der Waals surface area contributed by atoms with Crippen molar-refractivity contribution >= 4 is 40.5 Å². The van der Waals surface area contributed by atoms with Crippen molar-refractivity contribution in [2.45, 2.75) is 49.9 Å². The molecule has 0 bridgehead atoms. The van der Waals surface area contributed by atoms with Crippen molar-refractivity contribution in [2.75, 3.05) is 0 Å². The van der Waals surface area contributed by atoms with E-state index < -0.39 is 60.2 Å². The Bertz CT molecular complexity index is 1690. The standard InChI is InChI=1S/C33H36N6O7/c34-24(14-20-10-12-22(40)13-11-20)30(42)37-26(15-19-6-2-1-3-7-19)31(43)38-27(32(44)39-28(33(45)46)17-29(35)41)16-21-18-36-25-9-5-4-8-23(21)25/h1-13,18,24,26-28,36,40H,14-17,34H2,(H2,35,41)(H,37,42)(H,38,43)(H,39,44)(H,45,46). The number of carbonyl (C=O) groups is 5.